The normalized spacial score (nSPS) is 14.4. The number of carbonyl (C=O) groups excluding carboxylic acids is 1. The first-order chi connectivity index (χ1) is 6.16. The first-order valence-electron chi connectivity index (χ1n) is 3.70. The van der Waals surface area contributed by atoms with E-state index in [-0.39, 0.29) is 24.1 Å². The van der Waals surface area contributed by atoms with Gasteiger partial charge in [-0.05, 0) is 6.92 Å². The van der Waals surface area contributed by atoms with E-state index in [4.69, 9.17) is 4.74 Å². The molecule has 1 aliphatic heterocycles. The molecule has 1 aromatic rings. The number of hydrogen-bond acceptors (Lipinski definition) is 4. The SMILES string of the molecule is Cc1nc2c(c(=O)[nH]1)NC(=O)CO2. The fraction of sp³-hybridized carbons (Fsp3) is 0.286. The Morgan fingerprint density at radius 1 is 1.46 bits per heavy atom. The third-order valence-electron chi connectivity index (χ3n) is 1.61. The lowest BCUT2D eigenvalue weighted by Crippen LogP contribution is -2.31. The Labute approximate surface area is 72.9 Å². The number of amides is 1. The largest absolute Gasteiger partial charge is 0.466 e. The van der Waals surface area contributed by atoms with Gasteiger partial charge in [-0.15, -0.1) is 0 Å². The van der Waals surface area contributed by atoms with Crippen molar-refractivity contribution in [1.82, 2.24) is 9.97 Å². The van der Waals surface area contributed by atoms with Crippen LogP contribution in [0.25, 0.3) is 0 Å². The van der Waals surface area contributed by atoms with Crippen molar-refractivity contribution in [1.29, 1.82) is 0 Å². The van der Waals surface area contributed by atoms with E-state index in [0.29, 0.717) is 5.82 Å². The number of rotatable bonds is 0. The summed E-state index contributed by atoms with van der Waals surface area (Å²) in [5.74, 6) is 0.296. The maximum Gasteiger partial charge on any atom is 0.278 e. The van der Waals surface area contributed by atoms with E-state index in [1.165, 1.54) is 0 Å². The average Bonchev–Trinajstić information content (AvgIpc) is 2.06. The number of aromatic nitrogens is 2. The molecule has 0 aliphatic carbocycles. The predicted molar refractivity (Wildman–Crippen MR) is 43.7 cm³/mol. The second-order valence-corrected chi connectivity index (χ2v) is 2.67. The molecular formula is C7H7N3O3. The third kappa shape index (κ3) is 1.26. The van der Waals surface area contributed by atoms with Gasteiger partial charge in [-0.2, -0.15) is 4.98 Å². The van der Waals surface area contributed by atoms with Gasteiger partial charge >= 0.3 is 0 Å². The number of ether oxygens (including phenoxy) is 1. The summed E-state index contributed by atoms with van der Waals surface area (Å²) in [6, 6.07) is 0. The van der Waals surface area contributed by atoms with Gasteiger partial charge in [0, 0.05) is 0 Å². The number of aryl methyl sites for hydroxylation is 1. The fourth-order valence-electron chi connectivity index (χ4n) is 1.08. The van der Waals surface area contributed by atoms with Crippen LogP contribution in [0.2, 0.25) is 0 Å². The highest BCUT2D eigenvalue weighted by molar-refractivity contribution is 5.94. The molecule has 2 rings (SSSR count). The Morgan fingerprint density at radius 3 is 3.00 bits per heavy atom. The molecule has 1 aromatic heterocycles. The Hall–Kier alpha value is -1.85. The molecule has 0 spiro atoms. The smallest absolute Gasteiger partial charge is 0.278 e. The molecule has 2 N–H and O–H groups in total. The van der Waals surface area contributed by atoms with Gasteiger partial charge in [0.1, 0.15) is 5.82 Å². The predicted octanol–water partition coefficient (Wildman–Crippen LogP) is -0.591. The monoisotopic (exact) mass is 181 g/mol. The van der Waals surface area contributed by atoms with Gasteiger partial charge in [0.05, 0.1) is 0 Å². The van der Waals surface area contributed by atoms with Gasteiger partial charge in [-0.3, -0.25) is 9.59 Å². The van der Waals surface area contributed by atoms with Crippen molar-refractivity contribution in [3.8, 4) is 5.88 Å². The molecule has 0 fully saturated rings. The van der Waals surface area contributed by atoms with Crippen molar-refractivity contribution >= 4 is 11.6 Å². The van der Waals surface area contributed by atoms with E-state index in [2.05, 4.69) is 15.3 Å². The Bertz CT molecular complexity index is 423. The molecule has 0 saturated carbocycles. The maximum atomic E-state index is 11.2. The summed E-state index contributed by atoms with van der Waals surface area (Å²) < 4.78 is 4.95. The number of carbonyl (C=O) groups is 1. The quantitative estimate of drug-likeness (QED) is 0.560. The van der Waals surface area contributed by atoms with Gasteiger partial charge in [0.25, 0.3) is 11.5 Å². The number of anilines is 1. The second-order valence-electron chi connectivity index (χ2n) is 2.67. The molecular weight excluding hydrogens is 174 g/mol. The molecule has 1 amide bonds. The highest BCUT2D eigenvalue weighted by Crippen LogP contribution is 2.19. The summed E-state index contributed by atoms with van der Waals surface area (Å²) in [7, 11) is 0. The summed E-state index contributed by atoms with van der Waals surface area (Å²) in [6.45, 7) is 1.55. The minimum absolute atomic E-state index is 0.0850. The molecule has 13 heavy (non-hydrogen) atoms. The summed E-state index contributed by atoms with van der Waals surface area (Å²) in [4.78, 5) is 28.5. The van der Waals surface area contributed by atoms with Crippen LogP contribution in [0.4, 0.5) is 5.69 Å². The highest BCUT2D eigenvalue weighted by Gasteiger charge is 2.20. The van der Waals surface area contributed by atoms with Gasteiger partial charge in [0.15, 0.2) is 12.3 Å². The topological polar surface area (TPSA) is 84.1 Å². The van der Waals surface area contributed by atoms with Crippen LogP contribution >= 0.6 is 0 Å². The Kier molecular flexibility index (Phi) is 1.54. The standard InChI is InChI=1S/C7H7N3O3/c1-3-8-6(12)5-7(9-3)13-2-4(11)10-5/h2H2,1H3,(H,10,11)(H,8,9,12). The van der Waals surface area contributed by atoms with Crippen LogP contribution in [-0.4, -0.2) is 22.5 Å². The molecule has 0 atom stereocenters. The molecule has 1 aliphatic rings. The number of aromatic amines is 1. The number of fused-ring (bicyclic) bond motifs is 1. The van der Waals surface area contributed by atoms with Crippen molar-refractivity contribution < 1.29 is 9.53 Å². The van der Waals surface area contributed by atoms with Crippen LogP contribution < -0.4 is 15.6 Å². The van der Waals surface area contributed by atoms with Crippen molar-refractivity contribution in [3.05, 3.63) is 16.2 Å². The van der Waals surface area contributed by atoms with Gasteiger partial charge < -0.3 is 15.0 Å². The zero-order valence-corrected chi connectivity index (χ0v) is 6.88. The molecule has 0 saturated heterocycles. The lowest BCUT2D eigenvalue weighted by atomic mass is 10.4. The van der Waals surface area contributed by atoms with Crippen LogP contribution in [-0.2, 0) is 4.79 Å². The summed E-state index contributed by atoms with van der Waals surface area (Å²) in [6.07, 6.45) is 0. The summed E-state index contributed by atoms with van der Waals surface area (Å²) in [5.41, 5.74) is -0.308. The van der Waals surface area contributed by atoms with Gasteiger partial charge in [-0.25, -0.2) is 0 Å². The third-order valence-corrected chi connectivity index (χ3v) is 1.61. The zero-order chi connectivity index (χ0) is 9.42. The lowest BCUT2D eigenvalue weighted by Gasteiger charge is -2.15. The minimum Gasteiger partial charge on any atom is -0.466 e. The molecule has 0 radical (unpaired) electrons. The van der Waals surface area contributed by atoms with E-state index in [1.54, 1.807) is 6.92 Å². The van der Waals surface area contributed by atoms with E-state index in [1.807, 2.05) is 0 Å². The highest BCUT2D eigenvalue weighted by atomic mass is 16.5. The van der Waals surface area contributed by atoms with Crippen LogP contribution in [0, 0.1) is 6.92 Å². The Balaban J connectivity index is 2.59. The van der Waals surface area contributed by atoms with Crippen molar-refractivity contribution in [2.75, 3.05) is 11.9 Å². The van der Waals surface area contributed by atoms with E-state index < -0.39 is 5.56 Å². The van der Waals surface area contributed by atoms with Crippen LogP contribution in [0.5, 0.6) is 5.88 Å². The number of H-pyrrole nitrogens is 1. The molecule has 6 nitrogen and oxygen atoms in total. The van der Waals surface area contributed by atoms with Crippen LogP contribution in [0.1, 0.15) is 5.82 Å². The second kappa shape index (κ2) is 2.58. The fourth-order valence-corrected chi connectivity index (χ4v) is 1.08. The van der Waals surface area contributed by atoms with Gasteiger partial charge in [0.2, 0.25) is 5.88 Å². The molecule has 0 aromatic carbocycles. The Morgan fingerprint density at radius 2 is 2.23 bits per heavy atom. The zero-order valence-electron chi connectivity index (χ0n) is 6.88. The lowest BCUT2D eigenvalue weighted by molar-refractivity contribution is -0.118. The van der Waals surface area contributed by atoms with Crippen molar-refractivity contribution in [3.63, 3.8) is 0 Å². The van der Waals surface area contributed by atoms with Crippen molar-refractivity contribution in [2.45, 2.75) is 6.92 Å². The van der Waals surface area contributed by atoms with Crippen molar-refractivity contribution in [2.24, 2.45) is 0 Å². The molecule has 6 heteroatoms. The number of nitrogens with one attached hydrogen (secondary N) is 2. The molecule has 0 bridgehead atoms. The van der Waals surface area contributed by atoms with Gasteiger partial charge in [-0.1, -0.05) is 0 Å². The molecule has 68 valence electrons. The number of hydrogen-bond donors (Lipinski definition) is 2. The van der Waals surface area contributed by atoms with E-state index in [9.17, 15) is 9.59 Å². The van der Waals surface area contributed by atoms with E-state index >= 15 is 0 Å². The first kappa shape index (κ1) is 7.78. The first-order valence-corrected chi connectivity index (χ1v) is 3.70. The van der Waals surface area contributed by atoms with Crippen LogP contribution in [0.15, 0.2) is 4.79 Å². The maximum absolute atomic E-state index is 11.2. The average molecular weight is 181 g/mol. The summed E-state index contributed by atoms with van der Waals surface area (Å²) >= 11 is 0. The van der Waals surface area contributed by atoms with E-state index in [0.717, 1.165) is 0 Å². The number of nitrogens with zero attached hydrogens (tertiary/aromatic N) is 1. The van der Waals surface area contributed by atoms with Crippen LogP contribution in [0.3, 0.4) is 0 Å². The molecule has 0 unspecified atom stereocenters. The molecule has 2 heterocycles. The minimum atomic E-state index is -0.393. The summed E-state index contributed by atoms with van der Waals surface area (Å²) in [5, 5.41) is 2.39.